The molecule has 7 nitrogen and oxygen atoms in total. The fourth-order valence-corrected chi connectivity index (χ4v) is 4.49. The molecule has 2 aromatic carbocycles. The fraction of sp³-hybridized carbons (Fsp3) is 0.400. The molecule has 1 saturated heterocycles. The molecule has 3 unspecified atom stereocenters. The molecule has 1 amide bonds. The van der Waals surface area contributed by atoms with Gasteiger partial charge in [-0.25, -0.2) is 4.98 Å². The number of hydrogen-bond acceptors (Lipinski definition) is 5. The van der Waals surface area contributed by atoms with E-state index in [2.05, 4.69) is 15.3 Å². The van der Waals surface area contributed by atoms with Crippen LogP contribution in [0.4, 0.5) is 18.9 Å². The number of nitrogens with zero attached hydrogens (tertiary/aromatic N) is 2. The van der Waals surface area contributed by atoms with Gasteiger partial charge < -0.3 is 19.9 Å². The molecule has 0 bridgehead atoms. The third-order valence-electron chi connectivity index (χ3n) is 5.99. The van der Waals surface area contributed by atoms with Gasteiger partial charge in [-0.2, -0.15) is 13.2 Å². The average Bonchev–Trinajstić information content (AvgIpc) is 2.77. The first kappa shape index (κ1) is 24.7. The largest absolute Gasteiger partial charge is 0.416 e. The lowest BCUT2D eigenvalue weighted by Gasteiger charge is -2.35. The van der Waals surface area contributed by atoms with Gasteiger partial charge in [0.2, 0.25) is 0 Å². The van der Waals surface area contributed by atoms with Gasteiger partial charge in [-0.15, -0.1) is 0 Å². The van der Waals surface area contributed by atoms with Crippen molar-refractivity contribution in [3.8, 4) is 0 Å². The SMILES string of the molecule is Cc1nc2cc(C(F)(F)F)c(C(C)Nc3ccc(C(=O)N4CC(C)OC(C)C4)cc3)cc2c(=O)[nH]1. The number of H-pyrrole nitrogens is 1. The highest BCUT2D eigenvalue weighted by atomic mass is 19.4. The molecule has 186 valence electrons. The molecule has 1 aliphatic heterocycles. The third-order valence-corrected chi connectivity index (χ3v) is 5.99. The molecule has 1 fully saturated rings. The Bertz CT molecular complexity index is 1290. The van der Waals surface area contributed by atoms with Crippen molar-refractivity contribution in [2.45, 2.75) is 52.1 Å². The topological polar surface area (TPSA) is 87.3 Å². The van der Waals surface area contributed by atoms with E-state index in [9.17, 15) is 22.8 Å². The zero-order chi connectivity index (χ0) is 25.5. The number of aromatic nitrogens is 2. The Kier molecular flexibility index (Phi) is 6.59. The van der Waals surface area contributed by atoms with Crippen molar-refractivity contribution in [1.29, 1.82) is 0 Å². The van der Waals surface area contributed by atoms with Crippen LogP contribution < -0.4 is 10.9 Å². The van der Waals surface area contributed by atoms with Crippen molar-refractivity contribution in [3.05, 3.63) is 69.3 Å². The van der Waals surface area contributed by atoms with Crippen molar-refractivity contribution in [1.82, 2.24) is 14.9 Å². The first-order valence-electron chi connectivity index (χ1n) is 11.4. The van der Waals surface area contributed by atoms with Crippen LogP contribution in [-0.4, -0.2) is 46.1 Å². The summed E-state index contributed by atoms with van der Waals surface area (Å²) in [6.07, 6.45) is -4.73. The summed E-state index contributed by atoms with van der Waals surface area (Å²) in [5, 5.41) is 3.13. The fourth-order valence-electron chi connectivity index (χ4n) is 4.49. The summed E-state index contributed by atoms with van der Waals surface area (Å²) in [6.45, 7) is 7.92. The summed E-state index contributed by atoms with van der Waals surface area (Å²) >= 11 is 0. The molecular formula is C25H27F3N4O3. The van der Waals surface area contributed by atoms with E-state index in [1.165, 1.54) is 13.0 Å². The second-order valence-electron chi connectivity index (χ2n) is 9.02. The summed E-state index contributed by atoms with van der Waals surface area (Å²) in [5.41, 5.74) is -0.406. The minimum absolute atomic E-state index is 0.0101. The number of carbonyl (C=O) groups excluding carboxylic acids is 1. The number of halogens is 3. The van der Waals surface area contributed by atoms with Crippen LogP contribution in [0.25, 0.3) is 10.9 Å². The number of alkyl halides is 3. The Labute approximate surface area is 200 Å². The normalized spacial score (nSPS) is 19.6. The second-order valence-corrected chi connectivity index (χ2v) is 9.02. The Hall–Kier alpha value is -3.40. The van der Waals surface area contributed by atoms with Crippen LogP contribution >= 0.6 is 0 Å². The van der Waals surface area contributed by atoms with Gasteiger partial charge in [0.25, 0.3) is 11.5 Å². The Morgan fingerprint density at radius 2 is 1.80 bits per heavy atom. The maximum atomic E-state index is 13.9. The molecule has 2 N–H and O–H groups in total. The van der Waals surface area contributed by atoms with Gasteiger partial charge in [-0.05, 0) is 69.7 Å². The third kappa shape index (κ3) is 5.32. The lowest BCUT2D eigenvalue weighted by molar-refractivity contribution is -0.138. The maximum absolute atomic E-state index is 13.9. The molecule has 4 rings (SSSR count). The minimum Gasteiger partial charge on any atom is -0.379 e. The van der Waals surface area contributed by atoms with E-state index in [1.54, 1.807) is 36.1 Å². The van der Waals surface area contributed by atoms with Crippen LogP contribution in [0.5, 0.6) is 0 Å². The highest BCUT2D eigenvalue weighted by Crippen LogP contribution is 2.37. The molecule has 1 aromatic heterocycles. The Morgan fingerprint density at radius 3 is 2.40 bits per heavy atom. The molecule has 35 heavy (non-hydrogen) atoms. The average molecular weight is 489 g/mol. The molecule has 0 spiro atoms. The van der Waals surface area contributed by atoms with Gasteiger partial charge in [-0.3, -0.25) is 9.59 Å². The summed E-state index contributed by atoms with van der Waals surface area (Å²) in [5.74, 6) is 0.118. The lowest BCUT2D eigenvalue weighted by Crippen LogP contribution is -2.48. The van der Waals surface area contributed by atoms with Crippen molar-refractivity contribution in [3.63, 3.8) is 0 Å². The number of rotatable bonds is 4. The number of nitrogens with one attached hydrogen (secondary N) is 2. The number of fused-ring (bicyclic) bond motifs is 1. The van der Waals surface area contributed by atoms with Crippen LogP contribution in [0.15, 0.2) is 41.2 Å². The minimum atomic E-state index is -4.62. The van der Waals surface area contributed by atoms with E-state index in [-0.39, 0.29) is 40.4 Å². The molecule has 3 aromatic rings. The molecular weight excluding hydrogens is 461 g/mol. The molecule has 1 aliphatic rings. The Balaban J connectivity index is 1.59. The van der Waals surface area contributed by atoms with Crippen LogP contribution in [0.3, 0.4) is 0 Å². The molecule has 10 heteroatoms. The van der Waals surface area contributed by atoms with Crippen LogP contribution in [0.1, 0.15) is 54.1 Å². The van der Waals surface area contributed by atoms with Gasteiger partial charge in [-0.1, -0.05) is 0 Å². The van der Waals surface area contributed by atoms with E-state index in [1.807, 2.05) is 13.8 Å². The van der Waals surface area contributed by atoms with E-state index < -0.39 is 23.3 Å². The van der Waals surface area contributed by atoms with E-state index >= 15 is 0 Å². The summed E-state index contributed by atoms with van der Waals surface area (Å²) in [7, 11) is 0. The summed E-state index contributed by atoms with van der Waals surface area (Å²) in [6, 6.07) is 7.97. The number of hydrogen-bond donors (Lipinski definition) is 2. The number of amides is 1. The smallest absolute Gasteiger partial charge is 0.379 e. The highest BCUT2D eigenvalue weighted by molar-refractivity contribution is 5.94. The van der Waals surface area contributed by atoms with Gasteiger partial charge >= 0.3 is 6.18 Å². The predicted octanol–water partition coefficient (Wildman–Crippen LogP) is 4.67. The van der Waals surface area contributed by atoms with E-state index in [0.29, 0.717) is 24.3 Å². The summed E-state index contributed by atoms with van der Waals surface area (Å²) < 4.78 is 47.2. The molecule has 2 heterocycles. The standard InChI is InChI=1S/C25H27F3N4O3/c1-13-11-32(12-14(2)35-13)24(34)17-5-7-18(8-6-17)29-15(3)19-9-20-22(10-21(19)25(26,27)28)30-16(4)31-23(20)33/h5-10,13-15,29H,11-12H2,1-4H3,(H,30,31,33). The first-order chi connectivity index (χ1) is 16.4. The predicted molar refractivity (Wildman–Crippen MR) is 126 cm³/mol. The van der Waals surface area contributed by atoms with E-state index in [0.717, 1.165) is 6.07 Å². The Morgan fingerprint density at radius 1 is 1.17 bits per heavy atom. The number of aromatic amines is 1. The number of carbonyl (C=O) groups is 1. The van der Waals surface area contributed by atoms with Gasteiger partial charge in [0.1, 0.15) is 5.82 Å². The number of morpholine rings is 1. The second kappa shape index (κ2) is 9.33. The molecule has 0 aliphatic carbocycles. The lowest BCUT2D eigenvalue weighted by atomic mass is 9.98. The van der Waals surface area contributed by atoms with Gasteiger partial charge in [0, 0.05) is 30.4 Å². The maximum Gasteiger partial charge on any atom is 0.416 e. The molecule has 3 atom stereocenters. The zero-order valence-electron chi connectivity index (χ0n) is 19.9. The van der Waals surface area contributed by atoms with Crippen molar-refractivity contribution >= 4 is 22.5 Å². The van der Waals surface area contributed by atoms with Crippen molar-refractivity contribution < 1.29 is 22.7 Å². The van der Waals surface area contributed by atoms with Crippen LogP contribution in [0.2, 0.25) is 0 Å². The van der Waals surface area contributed by atoms with Crippen molar-refractivity contribution in [2.75, 3.05) is 18.4 Å². The number of ether oxygens (including phenoxy) is 1. The zero-order valence-corrected chi connectivity index (χ0v) is 19.9. The molecule has 0 saturated carbocycles. The van der Waals surface area contributed by atoms with Gasteiger partial charge in [0.15, 0.2) is 0 Å². The van der Waals surface area contributed by atoms with E-state index in [4.69, 9.17) is 4.74 Å². The first-order valence-corrected chi connectivity index (χ1v) is 11.4. The number of aryl methyl sites for hydroxylation is 1. The van der Waals surface area contributed by atoms with Crippen LogP contribution in [-0.2, 0) is 10.9 Å². The van der Waals surface area contributed by atoms with Gasteiger partial charge in [0.05, 0.1) is 28.7 Å². The summed E-state index contributed by atoms with van der Waals surface area (Å²) in [4.78, 5) is 33.5. The number of anilines is 1. The highest BCUT2D eigenvalue weighted by Gasteiger charge is 2.35. The number of benzene rings is 2. The molecule has 0 radical (unpaired) electrons. The monoisotopic (exact) mass is 488 g/mol. The van der Waals surface area contributed by atoms with Crippen LogP contribution in [0, 0.1) is 6.92 Å². The quantitative estimate of drug-likeness (QED) is 0.557. The van der Waals surface area contributed by atoms with Crippen molar-refractivity contribution in [2.24, 2.45) is 0 Å².